The van der Waals surface area contributed by atoms with Crippen molar-refractivity contribution in [1.29, 1.82) is 0 Å². The third-order valence-electron chi connectivity index (χ3n) is 7.71. The number of hydrogen-bond donors (Lipinski definition) is 3. The lowest BCUT2D eigenvalue weighted by Gasteiger charge is -2.33. The number of nitrogens with one attached hydrogen (secondary N) is 3. The molecule has 2 aromatic carbocycles. The second-order valence-electron chi connectivity index (χ2n) is 13.8. The largest absolute Gasteiger partial charge is 0.444 e. The molecule has 1 aliphatic rings. The number of carbonyl (C=O) groups is 3. The summed E-state index contributed by atoms with van der Waals surface area (Å²) in [5, 5.41) is 10.5. The number of carbonyl (C=O) groups excluding carboxylic acids is 3. The Labute approximate surface area is 313 Å². The van der Waals surface area contributed by atoms with Crippen molar-refractivity contribution in [3.63, 3.8) is 0 Å². The number of ether oxygens (including phenoxy) is 2. The quantitative estimate of drug-likeness (QED) is 0.129. The second-order valence-corrected chi connectivity index (χ2v) is 17.3. The van der Waals surface area contributed by atoms with Crippen LogP contribution < -0.4 is 16.0 Å². The molecule has 1 aliphatic carbocycles. The second kappa shape index (κ2) is 17.3. The van der Waals surface area contributed by atoms with E-state index in [9.17, 15) is 14.4 Å². The molecule has 1 unspecified atom stereocenters. The van der Waals surface area contributed by atoms with Crippen LogP contribution in [0.25, 0.3) is 11.1 Å². The summed E-state index contributed by atoms with van der Waals surface area (Å²) >= 11 is 14.8. The lowest BCUT2D eigenvalue weighted by molar-refractivity contribution is -0.118. The van der Waals surface area contributed by atoms with E-state index in [0.717, 1.165) is 56.4 Å². The van der Waals surface area contributed by atoms with Crippen molar-refractivity contribution < 1.29 is 23.9 Å². The lowest BCUT2D eigenvalue weighted by atomic mass is 9.71. The zero-order valence-electron chi connectivity index (χ0n) is 28.1. The van der Waals surface area contributed by atoms with Crippen LogP contribution in [0.3, 0.4) is 0 Å². The summed E-state index contributed by atoms with van der Waals surface area (Å²) in [6.07, 6.45) is 4.24. The molecule has 0 aromatic heterocycles. The van der Waals surface area contributed by atoms with Crippen LogP contribution in [0.5, 0.6) is 0 Å². The maximum absolute atomic E-state index is 14.0. The van der Waals surface area contributed by atoms with E-state index in [1.807, 2.05) is 32.9 Å². The number of alkyl halides is 2. The van der Waals surface area contributed by atoms with Gasteiger partial charge in [0.25, 0.3) is 0 Å². The molecule has 0 saturated heterocycles. The summed E-state index contributed by atoms with van der Waals surface area (Å²) in [6.45, 7) is 11.1. The van der Waals surface area contributed by atoms with Crippen LogP contribution in [-0.4, -0.2) is 52.5 Å². The minimum atomic E-state index is -0.863. The van der Waals surface area contributed by atoms with E-state index in [-0.39, 0.29) is 11.3 Å². The minimum absolute atomic E-state index is 0.228. The Morgan fingerprint density at radius 2 is 1.38 bits per heavy atom. The monoisotopic (exact) mass is 905 g/mol. The van der Waals surface area contributed by atoms with Gasteiger partial charge in [0.15, 0.2) is 0 Å². The Morgan fingerprint density at radius 1 is 0.787 bits per heavy atom. The molecule has 1 atom stereocenters. The predicted octanol–water partition coefficient (Wildman–Crippen LogP) is 10.4. The predicted molar refractivity (Wildman–Crippen MR) is 204 cm³/mol. The van der Waals surface area contributed by atoms with E-state index in [1.54, 1.807) is 20.8 Å². The Balaban J connectivity index is 1.92. The standard InChI is InChI=1S/C35H47Br4N3O5/c1-33(2,3)46-31(44)40-18-8-7-11-27(42-32(45)47-34(4,5)6)30(43)41-28-21-23(39)20-26-29(28)24-13-12-22(38)19-25(24)35(26,14-9-16-36)15-10-17-37/h12-13,19-21,27H,7-11,14-18H2,1-6H3,(H,40,44)(H,41,43)(H,42,45). The van der Waals surface area contributed by atoms with Crippen LogP contribution in [0.1, 0.15) is 97.6 Å². The van der Waals surface area contributed by atoms with Crippen LogP contribution >= 0.6 is 63.7 Å². The van der Waals surface area contributed by atoms with Gasteiger partial charge in [-0.05, 0) is 127 Å². The fourth-order valence-corrected chi connectivity index (χ4v) is 7.35. The fourth-order valence-electron chi connectivity index (χ4n) is 5.97. The highest BCUT2D eigenvalue weighted by Crippen LogP contribution is 2.57. The molecular weight excluding hydrogens is 862 g/mol. The van der Waals surface area contributed by atoms with E-state index in [2.05, 4.69) is 97.9 Å². The summed E-state index contributed by atoms with van der Waals surface area (Å²) in [5.74, 6) is -0.340. The molecule has 0 saturated carbocycles. The van der Waals surface area contributed by atoms with Crippen LogP contribution in [-0.2, 0) is 19.7 Å². The first-order chi connectivity index (χ1) is 22.0. The SMILES string of the molecule is CC(C)(C)OC(=O)NCCCCC(NC(=O)OC(C)(C)C)C(=O)Nc1cc(Br)cc2c1-c1ccc(Br)cc1C2(CCCBr)CCCBr. The Kier molecular flexibility index (Phi) is 14.7. The molecule has 3 amide bonds. The summed E-state index contributed by atoms with van der Waals surface area (Å²) in [6, 6.07) is 9.64. The highest BCUT2D eigenvalue weighted by Gasteiger charge is 2.44. The van der Waals surface area contributed by atoms with Gasteiger partial charge in [-0.2, -0.15) is 0 Å². The highest BCUT2D eigenvalue weighted by atomic mass is 79.9. The van der Waals surface area contributed by atoms with Crippen LogP contribution in [0.4, 0.5) is 15.3 Å². The van der Waals surface area contributed by atoms with Crippen molar-refractivity contribution in [3.05, 3.63) is 50.4 Å². The van der Waals surface area contributed by atoms with Gasteiger partial charge < -0.3 is 25.4 Å². The minimum Gasteiger partial charge on any atom is -0.444 e. The molecule has 0 spiro atoms. The van der Waals surface area contributed by atoms with Crippen molar-refractivity contribution >= 4 is 87.5 Å². The number of halogens is 4. The lowest BCUT2D eigenvalue weighted by Crippen LogP contribution is -2.46. The third kappa shape index (κ3) is 11.5. The molecule has 260 valence electrons. The van der Waals surface area contributed by atoms with Crippen LogP contribution in [0, 0.1) is 0 Å². The Morgan fingerprint density at radius 3 is 1.98 bits per heavy atom. The average molecular weight is 909 g/mol. The molecule has 0 radical (unpaired) electrons. The topological polar surface area (TPSA) is 106 Å². The van der Waals surface area contributed by atoms with Gasteiger partial charge in [0, 0.05) is 37.1 Å². The van der Waals surface area contributed by atoms with E-state index in [1.165, 1.54) is 11.1 Å². The molecule has 8 nitrogen and oxygen atoms in total. The van der Waals surface area contributed by atoms with Crippen molar-refractivity contribution in [2.24, 2.45) is 0 Å². The van der Waals surface area contributed by atoms with Gasteiger partial charge in [-0.3, -0.25) is 4.79 Å². The molecular formula is C35H47Br4N3O5. The van der Waals surface area contributed by atoms with Gasteiger partial charge in [0.2, 0.25) is 5.91 Å². The van der Waals surface area contributed by atoms with Crippen LogP contribution in [0.2, 0.25) is 0 Å². The van der Waals surface area contributed by atoms with E-state index >= 15 is 0 Å². The summed E-state index contributed by atoms with van der Waals surface area (Å²) < 4.78 is 12.7. The fraction of sp³-hybridized carbons (Fsp3) is 0.571. The maximum atomic E-state index is 14.0. The number of amides is 3. The zero-order valence-corrected chi connectivity index (χ0v) is 34.4. The highest BCUT2D eigenvalue weighted by molar-refractivity contribution is 9.11. The molecule has 0 aliphatic heterocycles. The summed E-state index contributed by atoms with van der Waals surface area (Å²) in [7, 11) is 0. The number of hydrogen-bond acceptors (Lipinski definition) is 5. The molecule has 3 N–H and O–H groups in total. The maximum Gasteiger partial charge on any atom is 0.408 e. The van der Waals surface area contributed by atoms with Gasteiger partial charge >= 0.3 is 12.2 Å². The zero-order chi connectivity index (χ0) is 35.0. The Bertz CT molecular complexity index is 1410. The van der Waals surface area contributed by atoms with Crippen molar-refractivity contribution in [2.75, 3.05) is 22.5 Å². The van der Waals surface area contributed by atoms with Crippen molar-refractivity contribution in [1.82, 2.24) is 10.6 Å². The van der Waals surface area contributed by atoms with E-state index in [0.29, 0.717) is 31.5 Å². The summed E-state index contributed by atoms with van der Waals surface area (Å²) in [4.78, 5) is 38.9. The molecule has 12 heteroatoms. The molecule has 3 rings (SSSR count). The van der Waals surface area contributed by atoms with Crippen LogP contribution in [0.15, 0.2) is 39.3 Å². The first kappa shape index (κ1) is 39.8. The van der Waals surface area contributed by atoms with E-state index < -0.39 is 29.4 Å². The smallest absolute Gasteiger partial charge is 0.408 e. The summed E-state index contributed by atoms with van der Waals surface area (Å²) in [5.41, 5.74) is 3.68. The molecule has 0 heterocycles. The van der Waals surface area contributed by atoms with Gasteiger partial charge in [0.05, 0.1) is 5.69 Å². The number of anilines is 1. The molecule has 0 fully saturated rings. The molecule has 2 aromatic rings. The third-order valence-corrected chi connectivity index (χ3v) is 9.79. The van der Waals surface area contributed by atoms with Gasteiger partial charge in [0.1, 0.15) is 17.2 Å². The Hall–Kier alpha value is -1.63. The number of alkyl carbamates (subject to hydrolysis) is 2. The number of fused-ring (bicyclic) bond motifs is 3. The molecule has 0 bridgehead atoms. The van der Waals surface area contributed by atoms with Gasteiger partial charge in [-0.1, -0.05) is 69.8 Å². The van der Waals surface area contributed by atoms with E-state index in [4.69, 9.17) is 9.47 Å². The molecule has 47 heavy (non-hydrogen) atoms. The number of unbranched alkanes of at least 4 members (excludes halogenated alkanes) is 1. The first-order valence-corrected chi connectivity index (χ1v) is 19.9. The van der Waals surface area contributed by atoms with Crippen molar-refractivity contribution in [2.45, 2.75) is 109 Å². The first-order valence-electron chi connectivity index (χ1n) is 16.0. The number of benzene rings is 2. The average Bonchev–Trinajstić information content (AvgIpc) is 3.20. The van der Waals surface area contributed by atoms with Gasteiger partial charge in [-0.15, -0.1) is 0 Å². The van der Waals surface area contributed by atoms with Gasteiger partial charge in [-0.25, -0.2) is 9.59 Å². The normalized spacial score (nSPS) is 14.1. The number of rotatable bonds is 14. The van der Waals surface area contributed by atoms with Crippen molar-refractivity contribution in [3.8, 4) is 11.1 Å².